The van der Waals surface area contributed by atoms with Crippen LogP contribution >= 0.6 is 11.3 Å². The molecule has 0 N–H and O–H groups in total. The fraction of sp³-hybridized carbons (Fsp3) is 0. The smallest absolute Gasteiger partial charge is 0.164 e. The minimum atomic E-state index is 0.510. The van der Waals surface area contributed by atoms with Gasteiger partial charge in [0.25, 0.3) is 0 Å². The Morgan fingerprint density at radius 1 is 0.479 bits per heavy atom. The third-order valence-corrected chi connectivity index (χ3v) is 10.3. The summed E-state index contributed by atoms with van der Waals surface area (Å²) in [7, 11) is 0. The van der Waals surface area contributed by atoms with Gasteiger partial charge in [0.15, 0.2) is 17.5 Å². The molecule has 7 heteroatoms. The molecule has 0 radical (unpaired) electrons. The van der Waals surface area contributed by atoms with Crippen LogP contribution in [-0.4, -0.2) is 19.4 Å². The van der Waals surface area contributed by atoms with E-state index in [2.05, 4.69) is 89.3 Å². The van der Waals surface area contributed by atoms with Crippen LogP contribution < -0.4 is 0 Å². The van der Waals surface area contributed by atoms with Gasteiger partial charge in [-0.2, -0.15) is 10.5 Å². The van der Waals surface area contributed by atoms with E-state index in [0.29, 0.717) is 28.6 Å². The molecule has 220 valence electrons. The van der Waals surface area contributed by atoms with Crippen molar-refractivity contribution in [3.8, 4) is 46.3 Å². The molecule has 0 amide bonds. The number of hydrogen-bond donors (Lipinski definition) is 0. The van der Waals surface area contributed by atoms with Crippen LogP contribution in [0.2, 0.25) is 0 Å². The molecular formula is C41H20N6S. The maximum Gasteiger partial charge on any atom is 0.164 e. The van der Waals surface area contributed by atoms with Crippen molar-refractivity contribution in [1.29, 1.82) is 10.5 Å². The number of thiophene rings is 1. The van der Waals surface area contributed by atoms with Crippen LogP contribution in [0.4, 0.5) is 0 Å². The highest BCUT2D eigenvalue weighted by molar-refractivity contribution is 7.26. The van der Waals surface area contributed by atoms with E-state index in [0.717, 1.165) is 26.8 Å². The van der Waals surface area contributed by atoms with Gasteiger partial charge >= 0.3 is 0 Å². The van der Waals surface area contributed by atoms with E-state index in [-0.39, 0.29) is 0 Å². The summed E-state index contributed by atoms with van der Waals surface area (Å²) >= 11 is 1.78. The number of rotatable bonds is 3. The van der Waals surface area contributed by atoms with E-state index < -0.39 is 0 Å². The lowest BCUT2D eigenvalue weighted by Gasteiger charge is -2.10. The summed E-state index contributed by atoms with van der Waals surface area (Å²) in [5.41, 5.74) is 7.16. The maximum atomic E-state index is 9.38. The minimum Gasteiger partial charge on any atom is -0.308 e. The molecule has 0 fully saturated rings. The first kappa shape index (κ1) is 26.5. The maximum absolute atomic E-state index is 9.38. The lowest BCUT2D eigenvalue weighted by Crippen LogP contribution is -2.00. The summed E-state index contributed by atoms with van der Waals surface area (Å²) in [6.45, 7) is 0. The van der Waals surface area contributed by atoms with Crippen LogP contribution in [0.5, 0.6) is 0 Å². The van der Waals surface area contributed by atoms with Gasteiger partial charge < -0.3 is 4.40 Å². The summed E-state index contributed by atoms with van der Waals surface area (Å²) in [6.07, 6.45) is 0. The summed E-state index contributed by atoms with van der Waals surface area (Å²) in [5, 5.41) is 26.0. The number of para-hydroxylation sites is 2. The lowest BCUT2D eigenvalue weighted by molar-refractivity contribution is 1.07. The van der Waals surface area contributed by atoms with Gasteiger partial charge in [-0.25, -0.2) is 15.0 Å². The number of aromatic nitrogens is 4. The molecule has 0 bridgehead atoms. The van der Waals surface area contributed by atoms with Gasteiger partial charge in [-0.15, -0.1) is 11.3 Å². The Balaban J connectivity index is 1.32. The van der Waals surface area contributed by atoms with E-state index in [1.165, 1.54) is 48.2 Å². The van der Waals surface area contributed by atoms with Gasteiger partial charge in [-0.1, -0.05) is 42.5 Å². The van der Waals surface area contributed by atoms with Crippen molar-refractivity contribution in [1.82, 2.24) is 19.4 Å². The molecular weight excluding hydrogens is 609 g/mol. The van der Waals surface area contributed by atoms with Gasteiger partial charge in [0.05, 0.1) is 39.8 Å². The number of hydrogen-bond acceptors (Lipinski definition) is 6. The molecule has 0 spiro atoms. The summed E-state index contributed by atoms with van der Waals surface area (Å²) in [5.74, 6) is 1.57. The number of nitriles is 2. The van der Waals surface area contributed by atoms with Crippen LogP contribution in [0, 0.1) is 22.7 Å². The van der Waals surface area contributed by atoms with Crippen LogP contribution in [0.15, 0.2) is 121 Å². The molecule has 6 nitrogen and oxygen atoms in total. The van der Waals surface area contributed by atoms with Gasteiger partial charge in [0, 0.05) is 53.0 Å². The zero-order valence-corrected chi connectivity index (χ0v) is 26.0. The van der Waals surface area contributed by atoms with E-state index >= 15 is 0 Å². The quantitative estimate of drug-likeness (QED) is 0.194. The van der Waals surface area contributed by atoms with E-state index in [1.807, 2.05) is 24.3 Å². The molecule has 10 rings (SSSR count). The molecule has 10 aromatic rings. The SMILES string of the molecule is N#Cc1ccc(-c2nc(-c3ccc(C#N)cc3)nc(-c3cc4sc5cccc6c5c4c(c3)c3cccc4c5ccccc5n6c34)n2)cc1. The Morgan fingerprint density at radius 2 is 1.04 bits per heavy atom. The Labute approximate surface area is 277 Å². The highest BCUT2D eigenvalue weighted by Crippen LogP contribution is 2.46. The fourth-order valence-corrected chi connectivity index (χ4v) is 8.29. The molecule has 0 atom stereocenters. The largest absolute Gasteiger partial charge is 0.308 e. The fourth-order valence-electron chi connectivity index (χ4n) is 7.09. The average Bonchev–Trinajstić information content (AvgIpc) is 3.66. The van der Waals surface area contributed by atoms with Crippen molar-refractivity contribution in [3.05, 3.63) is 132 Å². The van der Waals surface area contributed by atoms with Crippen LogP contribution in [0.1, 0.15) is 11.1 Å². The second-order valence-corrected chi connectivity index (χ2v) is 13.0. The van der Waals surface area contributed by atoms with Gasteiger partial charge in [-0.3, -0.25) is 0 Å². The Morgan fingerprint density at radius 3 is 1.71 bits per heavy atom. The van der Waals surface area contributed by atoms with E-state index in [4.69, 9.17) is 15.0 Å². The highest BCUT2D eigenvalue weighted by atomic mass is 32.1. The Bertz CT molecular complexity index is 2940. The summed E-state index contributed by atoms with van der Waals surface area (Å²) in [4.78, 5) is 14.9. The van der Waals surface area contributed by atoms with E-state index in [1.54, 1.807) is 35.6 Å². The first-order valence-corrected chi connectivity index (χ1v) is 16.3. The number of benzene rings is 6. The first-order chi connectivity index (χ1) is 23.7. The molecule has 0 saturated heterocycles. The molecule has 0 saturated carbocycles. The van der Waals surface area contributed by atoms with Crippen molar-refractivity contribution in [2.24, 2.45) is 0 Å². The molecule has 0 aliphatic heterocycles. The van der Waals surface area contributed by atoms with Crippen LogP contribution in [-0.2, 0) is 0 Å². The van der Waals surface area contributed by atoms with Crippen molar-refractivity contribution >= 4 is 69.6 Å². The topological polar surface area (TPSA) is 90.7 Å². The molecule has 48 heavy (non-hydrogen) atoms. The minimum absolute atomic E-state index is 0.510. The summed E-state index contributed by atoms with van der Waals surface area (Å²) < 4.78 is 4.83. The van der Waals surface area contributed by atoms with Gasteiger partial charge in [0.1, 0.15) is 0 Å². The second-order valence-electron chi connectivity index (χ2n) is 11.9. The second kappa shape index (κ2) is 9.91. The number of nitrogens with zero attached hydrogens (tertiary/aromatic N) is 6. The molecule has 0 unspecified atom stereocenters. The molecule has 4 aromatic heterocycles. The zero-order valence-electron chi connectivity index (χ0n) is 25.1. The van der Waals surface area contributed by atoms with Crippen molar-refractivity contribution in [2.45, 2.75) is 0 Å². The van der Waals surface area contributed by atoms with Crippen molar-refractivity contribution < 1.29 is 0 Å². The van der Waals surface area contributed by atoms with E-state index in [9.17, 15) is 10.5 Å². The van der Waals surface area contributed by atoms with Crippen LogP contribution in [0.25, 0.3) is 92.4 Å². The molecule has 0 aliphatic rings. The molecule has 0 aliphatic carbocycles. The third kappa shape index (κ3) is 3.74. The first-order valence-electron chi connectivity index (χ1n) is 15.5. The Hall–Kier alpha value is -6.67. The number of fused-ring (bicyclic) bond motifs is 5. The molecule has 4 heterocycles. The predicted molar refractivity (Wildman–Crippen MR) is 193 cm³/mol. The predicted octanol–water partition coefficient (Wildman–Crippen LogP) is 10.1. The lowest BCUT2D eigenvalue weighted by atomic mass is 10.0. The van der Waals surface area contributed by atoms with Crippen molar-refractivity contribution in [3.63, 3.8) is 0 Å². The molecule has 6 aromatic carbocycles. The normalized spacial score (nSPS) is 11.7. The standard InChI is InChI=1S/C41H20N6S/c42-21-23-11-15-25(16-12-23)39-44-40(26-17-13-24(22-43)14-18-26)46-41(45-39)27-19-31-30-7-3-6-29-28-5-1-2-8-32(28)47(38(29)30)33-9-4-10-34-37(33)36(31)35(20-27)48-34/h1-20H. The monoisotopic (exact) mass is 628 g/mol. The van der Waals surface area contributed by atoms with Gasteiger partial charge in [0.2, 0.25) is 0 Å². The van der Waals surface area contributed by atoms with Crippen molar-refractivity contribution in [2.75, 3.05) is 0 Å². The average molecular weight is 629 g/mol. The van der Waals surface area contributed by atoms with Crippen LogP contribution in [0.3, 0.4) is 0 Å². The highest BCUT2D eigenvalue weighted by Gasteiger charge is 2.21. The zero-order chi connectivity index (χ0) is 31.9. The summed E-state index contributed by atoms with van der Waals surface area (Å²) in [6, 6.07) is 45.2. The third-order valence-electron chi connectivity index (χ3n) is 9.24. The Kier molecular flexibility index (Phi) is 5.48. The van der Waals surface area contributed by atoms with Gasteiger partial charge in [-0.05, 0) is 84.2 Å².